The summed E-state index contributed by atoms with van der Waals surface area (Å²) < 4.78 is 7.33. The van der Waals surface area contributed by atoms with Gasteiger partial charge in [-0.05, 0) is 21.9 Å². The summed E-state index contributed by atoms with van der Waals surface area (Å²) in [5.74, 6) is 1.25. The van der Waals surface area contributed by atoms with Gasteiger partial charge in [-0.1, -0.05) is 48.2 Å². The molecule has 114 valence electrons. The molecule has 22 heavy (non-hydrogen) atoms. The third-order valence-corrected chi connectivity index (χ3v) is 4.32. The summed E-state index contributed by atoms with van der Waals surface area (Å²) in [4.78, 5) is 0. The molecule has 6 nitrogen and oxygen atoms in total. The molecule has 0 unspecified atom stereocenters. The van der Waals surface area contributed by atoms with Gasteiger partial charge in [-0.25, -0.2) is 4.68 Å². The van der Waals surface area contributed by atoms with Crippen molar-refractivity contribution in [2.75, 3.05) is 12.4 Å². The molecule has 3 aromatic rings. The van der Waals surface area contributed by atoms with Crippen molar-refractivity contribution < 1.29 is 9.84 Å². The number of benzene rings is 2. The number of hydrogen-bond donors (Lipinski definition) is 1. The van der Waals surface area contributed by atoms with Gasteiger partial charge < -0.3 is 9.84 Å². The lowest BCUT2D eigenvalue weighted by molar-refractivity contribution is 0.127. The Morgan fingerprint density at radius 3 is 2.86 bits per heavy atom. The summed E-state index contributed by atoms with van der Waals surface area (Å²) in [6.45, 7) is 0.228. The first-order chi connectivity index (χ1) is 10.7. The Hall–Kier alpha value is -2.12. The highest BCUT2D eigenvalue weighted by Gasteiger charge is 2.10. The number of nitrogens with zero attached hydrogens (tertiary/aromatic N) is 4. The van der Waals surface area contributed by atoms with Crippen LogP contribution in [0, 0.1) is 0 Å². The first kappa shape index (κ1) is 14.8. The summed E-state index contributed by atoms with van der Waals surface area (Å²) in [5, 5.41) is 24.0. The topological polar surface area (TPSA) is 73.1 Å². The molecule has 0 aliphatic heterocycles. The molecule has 0 amide bonds. The van der Waals surface area contributed by atoms with Crippen molar-refractivity contribution in [2.45, 2.75) is 11.3 Å². The first-order valence-electron chi connectivity index (χ1n) is 6.88. The van der Waals surface area contributed by atoms with E-state index in [1.165, 1.54) is 11.8 Å². The molecule has 2 aromatic carbocycles. The average Bonchev–Trinajstić information content (AvgIpc) is 2.96. The highest BCUT2D eigenvalue weighted by Crippen LogP contribution is 2.25. The van der Waals surface area contributed by atoms with Gasteiger partial charge in [-0.15, -0.1) is 5.10 Å². The Morgan fingerprint density at radius 2 is 2.05 bits per heavy atom. The van der Waals surface area contributed by atoms with Crippen molar-refractivity contribution in [2.24, 2.45) is 7.05 Å². The standard InChI is InChI=1S/C15H16N4O2S/c1-19-15(16-17-18-19)22-10-12(20)9-21-14-8-4-6-11-5-2-3-7-13(11)14/h2-8,12,20H,9-10H2,1H3/t12-/m1/s1. The Bertz CT molecular complexity index is 757. The van der Waals surface area contributed by atoms with E-state index < -0.39 is 6.10 Å². The number of aliphatic hydroxyl groups is 1. The zero-order valence-corrected chi connectivity index (χ0v) is 12.9. The molecule has 1 heterocycles. The van der Waals surface area contributed by atoms with Crippen LogP contribution in [0.5, 0.6) is 5.75 Å². The number of tetrazole rings is 1. The fourth-order valence-electron chi connectivity index (χ4n) is 2.07. The maximum Gasteiger partial charge on any atom is 0.209 e. The summed E-state index contributed by atoms with van der Waals surface area (Å²) >= 11 is 1.40. The SMILES string of the molecule is Cn1nnnc1SC[C@H](O)COc1cccc2ccccc12. The molecule has 7 heteroatoms. The van der Waals surface area contributed by atoms with Crippen LogP contribution in [0.4, 0.5) is 0 Å². The van der Waals surface area contributed by atoms with E-state index in [9.17, 15) is 5.11 Å². The Morgan fingerprint density at radius 1 is 1.23 bits per heavy atom. The quantitative estimate of drug-likeness (QED) is 0.700. The molecule has 1 aromatic heterocycles. The number of thioether (sulfide) groups is 1. The molecule has 3 rings (SSSR count). The van der Waals surface area contributed by atoms with Crippen LogP contribution < -0.4 is 4.74 Å². The number of aryl methyl sites for hydroxylation is 1. The number of aliphatic hydroxyl groups excluding tert-OH is 1. The van der Waals surface area contributed by atoms with Crippen molar-refractivity contribution in [3.63, 3.8) is 0 Å². The van der Waals surface area contributed by atoms with Crippen LogP contribution in [0.1, 0.15) is 0 Å². The predicted octanol–water partition coefficient (Wildman–Crippen LogP) is 1.90. The molecule has 1 N–H and O–H groups in total. The molecule has 0 saturated carbocycles. The van der Waals surface area contributed by atoms with Crippen LogP contribution in [0.25, 0.3) is 10.8 Å². The number of ether oxygens (including phenoxy) is 1. The lowest BCUT2D eigenvalue weighted by Crippen LogP contribution is -2.20. The van der Waals surface area contributed by atoms with Gasteiger partial charge in [0.25, 0.3) is 0 Å². The Labute approximate surface area is 132 Å². The molecule has 0 spiro atoms. The minimum absolute atomic E-state index is 0.228. The number of hydrogen-bond acceptors (Lipinski definition) is 6. The van der Waals surface area contributed by atoms with Gasteiger partial charge in [0.2, 0.25) is 5.16 Å². The Kier molecular flexibility index (Phi) is 4.55. The van der Waals surface area contributed by atoms with E-state index in [2.05, 4.69) is 15.5 Å². The lowest BCUT2D eigenvalue weighted by atomic mass is 10.1. The second kappa shape index (κ2) is 6.76. The van der Waals surface area contributed by atoms with Gasteiger partial charge in [0, 0.05) is 18.2 Å². The fourth-order valence-corrected chi connectivity index (χ4v) is 2.83. The second-order valence-corrected chi connectivity index (χ2v) is 5.83. The molecule has 0 saturated heterocycles. The summed E-state index contributed by atoms with van der Waals surface area (Å²) in [6, 6.07) is 13.9. The van der Waals surface area contributed by atoms with Gasteiger partial charge in [0.15, 0.2) is 0 Å². The van der Waals surface area contributed by atoms with E-state index in [4.69, 9.17) is 4.74 Å². The van der Waals surface area contributed by atoms with Gasteiger partial charge in [-0.2, -0.15) is 0 Å². The maximum absolute atomic E-state index is 10.0. The number of aromatic nitrogens is 4. The molecule has 0 aliphatic rings. The van der Waals surface area contributed by atoms with Crippen LogP contribution >= 0.6 is 11.8 Å². The van der Waals surface area contributed by atoms with Crippen molar-refractivity contribution in [1.82, 2.24) is 20.2 Å². The largest absolute Gasteiger partial charge is 0.490 e. The minimum atomic E-state index is -0.597. The summed E-state index contributed by atoms with van der Waals surface area (Å²) in [5.41, 5.74) is 0. The monoisotopic (exact) mass is 316 g/mol. The van der Waals surface area contributed by atoms with E-state index in [0.717, 1.165) is 16.5 Å². The molecular formula is C15H16N4O2S. The van der Waals surface area contributed by atoms with E-state index in [0.29, 0.717) is 10.9 Å². The van der Waals surface area contributed by atoms with Gasteiger partial charge in [-0.3, -0.25) is 0 Å². The number of rotatable bonds is 6. The average molecular weight is 316 g/mol. The third-order valence-electron chi connectivity index (χ3n) is 3.17. The normalized spacial score (nSPS) is 12.5. The fraction of sp³-hybridized carbons (Fsp3) is 0.267. The second-order valence-electron chi connectivity index (χ2n) is 4.84. The number of fused-ring (bicyclic) bond motifs is 1. The van der Waals surface area contributed by atoms with Crippen LogP contribution in [0.15, 0.2) is 47.6 Å². The van der Waals surface area contributed by atoms with E-state index in [1.54, 1.807) is 11.7 Å². The molecule has 1 atom stereocenters. The maximum atomic E-state index is 10.0. The van der Waals surface area contributed by atoms with E-state index >= 15 is 0 Å². The van der Waals surface area contributed by atoms with Gasteiger partial charge in [0.05, 0.1) is 6.10 Å². The lowest BCUT2D eigenvalue weighted by Gasteiger charge is -2.13. The minimum Gasteiger partial charge on any atom is -0.490 e. The van der Waals surface area contributed by atoms with Crippen molar-refractivity contribution in [1.29, 1.82) is 0 Å². The zero-order chi connectivity index (χ0) is 15.4. The molecule has 0 radical (unpaired) electrons. The Balaban J connectivity index is 1.58. The van der Waals surface area contributed by atoms with Crippen molar-refractivity contribution >= 4 is 22.5 Å². The molecular weight excluding hydrogens is 300 g/mol. The van der Waals surface area contributed by atoms with E-state index in [-0.39, 0.29) is 6.61 Å². The van der Waals surface area contributed by atoms with Gasteiger partial charge >= 0.3 is 0 Å². The molecule has 0 bridgehead atoms. The molecule has 0 fully saturated rings. The predicted molar refractivity (Wildman–Crippen MR) is 85.0 cm³/mol. The van der Waals surface area contributed by atoms with Crippen LogP contribution in [0.2, 0.25) is 0 Å². The highest BCUT2D eigenvalue weighted by molar-refractivity contribution is 7.99. The molecule has 0 aliphatic carbocycles. The summed E-state index contributed by atoms with van der Waals surface area (Å²) in [7, 11) is 1.77. The first-order valence-corrected chi connectivity index (χ1v) is 7.86. The zero-order valence-electron chi connectivity index (χ0n) is 12.1. The van der Waals surface area contributed by atoms with Crippen molar-refractivity contribution in [3.8, 4) is 5.75 Å². The smallest absolute Gasteiger partial charge is 0.209 e. The third kappa shape index (κ3) is 3.37. The van der Waals surface area contributed by atoms with Gasteiger partial charge in [0.1, 0.15) is 12.4 Å². The van der Waals surface area contributed by atoms with Crippen molar-refractivity contribution in [3.05, 3.63) is 42.5 Å². The van der Waals surface area contributed by atoms with Crippen LogP contribution in [0.3, 0.4) is 0 Å². The van der Waals surface area contributed by atoms with Crippen LogP contribution in [-0.4, -0.2) is 43.8 Å². The van der Waals surface area contributed by atoms with E-state index in [1.807, 2.05) is 42.5 Å². The highest BCUT2D eigenvalue weighted by atomic mass is 32.2. The summed E-state index contributed by atoms with van der Waals surface area (Å²) in [6.07, 6.45) is -0.597. The van der Waals surface area contributed by atoms with Crippen LogP contribution in [-0.2, 0) is 7.05 Å².